The quantitative estimate of drug-likeness (QED) is 0.268. The number of carbonyl (C=O) groups excluding carboxylic acids is 2. The molecule has 0 spiro atoms. The zero-order chi connectivity index (χ0) is 25.5. The molecule has 0 radical (unpaired) electrons. The van der Waals surface area contributed by atoms with Crippen LogP contribution in [0.25, 0.3) is 23.2 Å². The predicted octanol–water partition coefficient (Wildman–Crippen LogP) is 3.96. The highest BCUT2D eigenvalue weighted by Gasteiger charge is 2.26. The van der Waals surface area contributed by atoms with Crippen molar-refractivity contribution in [1.82, 2.24) is 25.1 Å². The Labute approximate surface area is 214 Å². The van der Waals surface area contributed by atoms with E-state index in [0.29, 0.717) is 30.6 Å². The Morgan fingerprint density at radius 3 is 2.41 bits per heavy atom. The third kappa shape index (κ3) is 6.00. The minimum Gasteiger partial charge on any atom is -0.465 e. The van der Waals surface area contributed by atoms with Gasteiger partial charge in [-0.1, -0.05) is 60.7 Å². The average molecular weight is 498 g/mol. The van der Waals surface area contributed by atoms with Crippen LogP contribution in [0.15, 0.2) is 83.5 Å². The van der Waals surface area contributed by atoms with Crippen molar-refractivity contribution >= 4 is 23.6 Å². The number of rotatable bonds is 8. The topological polar surface area (TPSA) is 103 Å². The number of aromatic nitrogens is 4. The van der Waals surface area contributed by atoms with Crippen LogP contribution >= 0.6 is 0 Å². The summed E-state index contributed by atoms with van der Waals surface area (Å²) in [5.74, 6) is 0.376. The monoisotopic (exact) mass is 497 g/mol. The third-order valence-corrected chi connectivity index (χ3v) is 6.42. The van der Waals surface area contributed by atoms with Crippen LogP contribution in [-0.4, -0.2) is 56.7 Å². The third-order valence-electron chi connectivity index (χ3n) is 6.42. The van der Waals surface area contributed by atoms with Crippen LogP contribution < -0.4 is 0 Å². The number of amides is 1. The Kier molecular flexibility index (Phi) is 7.50. The Morgan fingerprint density at radius 2 is 1.70 bits per heavy atom. The van der Waals surface area contributed by atoms with Crippen LogP contribution in [0.2, 0.25) is 0 Å². The van der Waals surface area contributed by atoms with Crippen LogP contribution in [-0.2, 0) is 20.7 Å². The summed E-state index contributed by atoms with van der Waals surface area (Å²) in [5.41, 5.74) is 2.07. The highest BCUT2D eigenvalue weighted by Crippen LogP contribution is 2.23. The number of piperidine rings is 1. The van der Waals surface area contributed by atoms with Gasteiger partial charge in [0.25, 0.3) is 5.91 Å². The van der Waals surface area contributed by atoms with Crippen molar-refractivity contribution < 1.29 is 18.7 Å². The van der Waals surface area contributed by atoms with Gasteiger partial charge in [-0.05, 0) is 53.3 Å². The van der Waals surface area contributed by atoms with E-state index in [2.05, 4.69) is 39.8 Å². The SMILES string of the molecule is O=C(OCC(=O)N1CCC(Cc2ccccc2)CC1)/C(=C/c1ccco1)n1nnnc1-c1ccccc1. The summed E-state index contributed by atoms with van der Waals surface area (Å²) in [7, 11) is 0. The number of ether oxygens (including phenoxy) is 1. The van der Waals surface area contributed by atoms with Crippen molar-refractivity contribution in [2.24, 2.45) is 5.92 Å². The molecule has 2 aromatic heterocycles. The molecule has 1 fully saturated rings. The van der Waals surface area contributed by atoms with E-state index in [-0.39, 0.29) is 18.2 Å². The molecular weight excluding hydrogens is 470 g/mol. The maximum absolute atomic E-state index is 13.2. The number of likely N-dealkylation sites (tertiary alicyclic amines) is 1. The Hall–Kier alpha value is -4.53. The zero-order valence-corrected chi connectivity index (χ0v) is 20.3. The molecule has 0 N–H and O–H groups in total. The van der Waals surface area contributed by atoms with E-state index in [1.807, 2.05) is 36.4 Å². The van der Waals surface area contributed by atoms with Gasteiger partial charge in [0, 0.05) is 24.7 Å². The number of hydrogen-bond donors (Lipinski definition) is 0. The van der Waals surface area contributed by atoms with Gasteiger partial charge in [-0.3, -0.25) is 4.79 Å². The average Bonchev–Trinajstić information content (AvgIpc) is 3.64. The van der Waals surface area contributed by atoms with Crippen LogP contribution in [0.5, 0.6) is 0 Å². The zero-order valence-electron chi connectivity index (χ0n) is 20.3. The second-order valence-corrected chi connectivity index (χ2v) is 8.92. The Morgan fingerprint density at radius 1 is 0.973 bits per heavy atom. The molecule has 3 heterocycles. The summed E-state index contributed by atoms with van der Waals surface area (Å²) < 4.78 is 12.1. The predicted molar refractivity (Wildman–Crippen MR) is 137 cm³/mol. The summed E-state index contributed by atoms with van der Waals surface area (Å²) in [6.07, 6.45) is 5.84. The van der Waals surface area contributed by atoms with E-state index in [9.17, 15) is 9.59 Å². The highest BCUT2D eigenvalue weighted by molar-refractivity contribution is 6.15. The second-order valence-electron chi connectivity index (χ2n) is 8.92. The largest absolute Gasteiger partial charge is 0.465 e. The van der Waals surface area contributed by atoms with Gasteiger partial charge in [0.2, 0.25) is 0 Å². The fourth-order valence-corrected chi connectivity index (χ4v) is 4.46. The summed E-state index contributed by atoms with van der Waals surface area (Å²) in [6, 6.07) is 23.1. The van der Waals surface area contributed by atoms with Crippen molar-refractivity contribution in [3.63, 3.8) is 0 Å². The van der Waals surface area contributed by atoms with Crippen molar-refractivity contribution in [1.29, 1.82) is 0 Å². The standard InChI is InChI=1S/C28H27N5O4/c34-26(32-15-13-22(14-16-32)18-21-8-3-1-4-9-21)20-37-28(35)25(19-24-12-7-17-36-24)33-27(29-30-31-33)23-10-5-2-6-11-23/h1-12,17,19,22H,13-16,18,20H2/b25-19-. The van der Waals surface area contributed by atoms with E-state index in [4.69, 9.17) is 9.15 Å². The van der Waals surface area contributed by atoms with Crippen molar-refractivity contribution in [2.75, 3.05) is 19.7 Å². The van der Waals surface area contributed by atoms with Crippen LogP contribution in [0.1, 0.15) is 24.2 Å². The van der Waals surface area contributed by atoms with Gasteiger partial charge in [-0.2, -0.15) is 4.68 Å². The van der Waals surface area contributed by atoms with E-state index in [0.717, 1.165) is 24.8 Å². The van der Waals surface area contributed by atoms with Gasteiger partial charge in [0.1, 0.15) is 5.76 Å². The van der Waals surface area contributed by atoms with Gasteiger partial charge in [-0.25, -0.2) is 4.79 Å². The molecule has 1 aliphatic heterocycles. The first-order valence-corrected chi connectivity index (χ1v) is 12.3. The van der Waals surface area contributed by atoms with Crippen molar-refractivity contribution in [2.45, 2.75) is 19.3 Å². The molecule has 1 aliphatic rings. The molecule has 9 heteroatoms. The number of carbonyl (C=O) groups is 2. The number of esters is 1. The molecule has 1 amide bonds. The van der Waals surface area contributed by atoms with Gasteiger partial charge in [-0.15, -0.1) is 5.10 Å². The number of benzene rings is 2. The number of nitrogens with zero attached hydrogens (tertiary/aromatic N) is 5. The highest BCUT2D eigenvalue weighted by atomic mass is 16.5. The first kappa shape index (κ1) is 24.2. The molecule has 9 nitrogen and oxygen atoms in total. The fourth-order valence-electron chi connectivity index (χ4n) is 4.46. The van der Waals surface area contributed by atoms with E-state index in [1.54, 1.807) is 17.0 Å². The molecule has 0 saturated carbocycles. The summed E-state index contributed by atoms with van der Waals surface area (Å²) in [6.45, 7) is 0.933. The van der Waals surface area contributed by atoms with Crippen LogP contribution in [0.4, 0.5) is 0 Å². The van der Waals surface area contributed by atoms with Gasteiger partial charge < -0.3 is 14.1 Å². The first-order chi connectivity index (χ1) is 18.2. The van der Waals surface area contributed by atoms with E-state index < -0.39 is 5.97 Å². The van der Waals surface area contributed by atoms with Gasteiger partial charge in [0.05, 0.1) is 6.26 Å². The molecular formula is C28H27N5O4. The minimum absolute atomic E-state index is 0.0353. The maximum Gasteiger partial charge on any atom is 0.357 e. The molecule has 188 valence electrons. The lowest BCUT2D eigenvalue weighted by molar-refractivity contribution is -0.148. The number of hydrogen-bond acceptors (Lipinski definition) is 7. The maximum atomic E-state index is 13.2. The Bertz CT molecular complexity index is 1340. The molecule has 37 heavy (non-hydrogen) atoms. The summed E-state index contributed by atoms with van der Waals surface area (Å²) >= 11 is 0. The molecule has 0 aliphatic carbocycles. The molecule has 4 aromatic rings. The number of tetrazole rings is 1. The lowest BCUT2D eigenvalue weighted by Crippen LogP contribution is -2.41. The van der Waals surface area contributed by atoms with Crippen LogP contribution in [0, 0.1) is 5.92 Å². The van der Waals surface area contributed by atoms with Crippen molar-refractivity contribution in [3.8, 4) is 11.4 Å². The summed E-state index contributed by atoms with van der Waals surface area (Å²) in [4.78, 5) is 27.8. The van der Waals surface area contributed by atoms with Gasteiger partial charge in [0.15, 0.2) is 18.1 Å². The van der Waals surface area contributed by atoms with Crippen molar-refractivity contribution in [3.05, 3.63) is 90.4 Å². The number of furan rings is 1. The molecule has 0 unspecified atom stereocenters. The lowest BCUT2D eigenvalue weighted by atomic mass is 9.90. The minimum atomic E-state index is -0.729. The van der Waals surface area contributed by atoms with E-state index in [1.165, 1.54) is 22.6 Å². The molecule has 5 rings (SSSR count). The molecule has 1 saturated heterocycles. The van der Waals surface area contributed by atoms with E-state index >= 15 is 0 Å². The smallest absolute Gasteiger partial charge is 0.357 e. The normalized spacial score (nSPS) is 14.5. The summed E-state index contributed by atoms with van der Waals surface area (Å²) in [5, 5.41) is 11.8. The Balaban J connectivity index is 1.23. The second kappa shape index (κ2) is 11.5. The van der Waals surface area contributed by atoms with Gasteiger partial charge >= 0.3 is 5.97 Å². The van der Waals surface area contributed by atoms with Crippen LogP contribution in [0.3, 0.4) is 0 Å². The molecule has 0 atom stereocenters. The fraction of sp³-hybridized carbons (Fsp3) is 0.250. The molecule has 2 aromatic carbocycles. The lowest BCUT2D eigenvalue weighted by Gasteiger charge is -2.32. The molecule has 0 bridgehead atoms. The first-order valence-electron chi connectivity index (χ1n) is 12.3.